The van der Waals surface area contributed by atoms with Crippen molar-refractivity contribution < 1.29 is 9.53 Å². The van der Waals surface area contributed by atoms with Gasteiger partial charge in [-0.25, -0.2) is 4.79 Å². The monoisotopic (exact) mass is 140 g/mol. The van der Waals surface area contributed by atoms with Crippen LogP contribution in [0.15, 0.2) is 11.6 Å². The summed E-state index contributed by atoms with van der Waals surface area (Å²) in [4.78, 5) is 10.9. The molecule has 0 saturated carbocycles. The first kappa shape index (κ1) is 7.32. The molecule has 2 nitrogen and oxygen atoms in total. The Morgan fingerprint density at radius 1 is 1.60 bits per heavy atom. The Kier molecular flexibility index (Phi) is 1.55. The zero-order chi connectivity index (χ0) is 7.78. The normalized spacial score (nSPS) is 22.3. The third kappa shape index (κ3) is 1.20. The molecular weight excluding hydrogens is 128 g/mol. The van der Waals surface area contributed by atoms with Gasteiger partial charge in [-0.1, -0.05) is 6.92 Å². The summed E-state index contributed by atoms with van der Waals surface area (Å²) in [7, 11) is 0. The largest absolute Gasteiger partial charge is 0.452 e. The molecule has 1 aliphatic rings. The highest BCUT2D eigenvalue weighted by Gasteiger charge is 2.29. The Morgan fingerprint density at radius 3 is 2.40 bits per heavy atom. The van der Waals surface area contributed by atoms with Gasteiger partial charge in [0.05, 0.1) is 0 Å². The van der Waals surface area contributed by atoms with E-state index < -0.39 is 0 Å². The standard InChI is InChI=1S/C8H12O2/c1-4-6-5-8(2,3)10-7(6)9/h5H,4H2,1-3H3. The summed E-state index contributed by atoms with van der Waals surface area (Å²) in [6.45, 7) is 5.72. The molecule has 2 heteroatoms. The SMILES string of the molecule is CCC1=CC(C)(C)OC1=O. The Morgan fingerprint density at radius 2 is 2.20 bits per heavy atom. The van der Waals surface area contributed by atoms with Gasteiger partial charge in [0.1, 0.15) is 5.60 Å². The molecule has 1 rings (SSSR count). The third-order valence-electron chi connectivity index (χ3n) is 1.52. The zero-order valence-corrected chi connectivity index (χ0v) is 6.60. The van der Waals surface area contributed by atoms with Crippen molar-refractivity contribution in [2.75, 3.05) is 0 Å². The van der Waals surface area contributed by atoms with Crippen molar-refractivity contribution in [1.29, 1.82) is 0 Å². The van der Waals surface area contributed by atoms with Gasteiger partial charge in [-0.15, -0.1) is 0 Å². The summed E-state index contributed by atoms with van der Waals surface area (Å²) in [6, 6.07) is 0. The van der Waals surface area contributed by atoms with Gasteiger partial charge < -0.3 is 4.74 Å². The number of hydrogen-bond donors (Lipinski definition) is 0. The minimum atomic E-state index is -0.373. The zero-order valence-electron chi connectivity index (χ0n) is 6.60. The maximum absolute atomic E-state index is 10.9. The predicted molar refractivity (Wildman–Crippen MR) is 38.5 cm³/mol. The van der Waals surface area contributed by atoms with E-state index in [4.69, 9.17) is 4.74 Å². The highest BCUT2D eigenvalue weighted by molar-refractivity contribution is 5.91. The molecule has 0 amide bonds. The molecule has 0 unspecified atom stereocenters. The Hall–Kier alpha value is -0.790. The Balaban J connectivity index is 2.82. The van der Waals surface area contributed by atoms with Gasteiger partial charge in [0.2, 0.25) is 0 Å². The van der Waals surface area contributed by atoms with Gasteiger partial charge in [0.25, 0.3) is 0 Å². The molecule has 0 radical (unpaired) electrons. The summed E-state index contributed by atoms with van der Waals surface area (Å²) in [5, 5.41) is 0. The maximum Gasteiger partial charge on any atom is 0.334 e. The first-order chi connectivity index (χ1) is 4.55. The van der Waals surface area contributed by atoms with Crippen LogP contribution in [0.25, 0.3) is 0 Å². The molecule has 0 fully saturated rings. The fraction of sp³-hybridized carbons (Fsp3) is 0.625. The lowest BCUT2D eigenvalue weighted by molar-refractivity contribution is -0.144. The molecule has 0 aromatic rings. The minimum Gasteiger partial charge on any atom is -0.452 e. The summed E-state index contributed by atoms with van der Waals surface area (Å²) in [6.07, 6.45) is 2.65. The Bertz CT molecular complexity index is 189. The molecule has 0 atom stereocenters. The van der Waals surface area contributed by atoms with Crippen LogP contribution < -0.4 is 0 Å². The van der Waals surface area contributed by atoms with Crippen molar-refractivity contribution in [2.45, 2.75) is 32.8 Å². The topological polar surface area (TPSA) is 26.3 Å². The van der Waals surface area contributed by atoms with Gasteiger partial charge in [0.15, 0.2) is 0 Å². The lowest BCUT2D eigenvalue weighted by Crippen LogP contribution is -2.17. The molecule has 56 valence electrons. The van der Waals surface area contributed by atoms with Crippen LogP contribution in [-0.2, 0) is 9.53 Å². The number of ether oxygens (including phenoxy) is 1. The van der Waals surface area contributed by atoms with Crippen LogP contribution in [0.2, 0.25) is 0 Å². The van der Waals surface area contributed by atoms with Crippen LogP contribution in [0.4, 0.5) is 0 Å². The van der Waals surface area contributed by atoms with Crippen molar-refractivity contribution in [2.24, 2.45) is 0 Å². The van der Waals surface area contributed by atoms with E-state index in [1.165, 1.54) is 0 Å². The van der Waals surface area contributed by atoms with Crippen LogP contribution in [0, 0.1) is 0 Å². The average Bonchev–Trinajstić information content (AvgIpc) is 2.05. The van der Waals surface area contributed by atoms with Crippen molar-refractivity contribution in [3.8, 4) is 0 Å². The number of cyclic esters (lactones) is 1. The average molecular weight is 140 g/mol. The molecule has 0 aliphatic carbocycles. The van der Waals surface area contributed by atoms with Gasteiger partial charge >= 0.3 is 5.97 Å². The van der Waals surface area contributed by atoms with E-state index in [-0.39, 0.29) is 11.6 Å². The quantitative estimate of drug-likeness (QED) is 0.518. The van der Waals surface area contributed by atoms with Crippen molar-refractivity contribution in [1.82, 2.24) is 0 Å². The number of carbonyl (C=O) groups excluding carboxylic acids is 1. The number of rotatable bonds is 1. The summed E-state index contributed by atoms with van der Waals surface area (Å²) >= 11 is 0. The second-order valence-electron chi connectivity index (χ2n) is 3.02. The van der Waals surface area contributed by atoms with Gasteiger partial charge in [-0.3, -0.25) is 0 Å². The Labute approximate surface area is 60.9 Å². The molecule has 1 heterocycles. The molecular formula is C8H12O2. The number of esters is 1. The van der Waals surface area contributed by atoms with E-state index in [0.717, 1.165) is 12.0 Å². The van der Waals surface area contributed by atoms with Crippen LogP contribution in [0.5, 0.6) is 0 Å². The molecule has 0 bridgehead atoms. The highest BCUT2D eigenvalue weighted by atomic mass is 16.6. The number of hydrogen-bond acceptors (Lipinski definition) is 2. The fourth-order valence-corrected chi connectivity index (χ4v) is 1.06. The highest BCUT2D eigenvalue weighted by Crippen LogP contribution is 2.24. The molecule has 0 aromatic heterocycles. The fourth-order valence-electron chi connectivity index (χ4n) is 1.06. The lowest BCUT2D eigenvalue weighted by atomic mass is 10.1. The second kappa shape index (κ2) is 2.11. The molecule has 1 aliphatic heterocycles. The van der Waals surface area contributed by atoms with Crippen molar-refractivity contribution >= 4 is 5.97 Å². The van der Waals surface area contributed by atoms with Crippen LogP contribution in [0.1, 0.15) is 27.2 Å². The van der Waals surface area contributed by atoms with E-state index in [0.29, 0.717) is 0 Å². The van der Waals surface area contributed by atoms with Gasteiger partial charge in [0, 0.05) is 5.57 Å². The van der Waals surface area contributed by atoms with E-state index in [9.17, 15) is 4.79 Å². The predicted octanol–water partition coefficient (Wildman–Crippen LogP) is 1.66. The summed E-state index contributed by atoms with van der Waals surface area (Å²) in [5.41, 5.74) is 0.424. The van der Waals surface area contributed by atoms with E-state index in [1.807, 2.05) is 26.8 Å². The summed E-state index contributed by atoms with van der Waals surface area (Å²) < 4.78 is 5.02. The maximum atomic E-state index is 10.9. The van der Waals surface area contributed by atoms with Crippen LogP contribution in [-0.4, -0.2) is 11.6 Å². The van der Waals surface area contributed by atoms with Crippen LogP contribution >= 0.6 is 0 Å². The van der Waals surface area contributed by atoms with E-state index >= 15 is 0 Å². The molecule has 0 saturated heterocycles. The first-order valence-corrected chi connectivity index (χ1v) is 3.50. The smallest absolute Gasteiger partial charge is 0.334 e. The van der Waals surface area contributed by atoms with E-state index in [1.54, 1.807) is 0 Å². The molecule has 0 aromatic carbocycles. The molecule has 10 heavy (non-hydrogen) atoms. The van der Waals surface area contributed by atoms with Gasteiger partial charge in [-0.2, -0.15) is 0 Å². The number of carbonyl (C=O) groups is 1. The van der Waals surface area contributed by atoms with Crippen LogP contribution in [0.3, 0.4) is 0 Å². The molecule has 0 N–H and O–H groups in total. The second-order valence-corrected chi connectivity index (χ2v) is 3.02. The lowest BCUT2D eigenvalue weighted by Gasteiger charge is -2.12. The van der Waals surface area contributed by atoms with Crippen molar-refractivity contribution in [3.05, 3.63) is 11.6 Å². The van der Waals surface area contributed by atoms with E-state index in [2.05, 4.69) is 0 Å². The van der Waals surface area contributed by atoms with Crippen molar-refractivity contribution in [3.63, 3.8) is 0 Å². The molecule has 0 spiro atoms. The third-order valence-corrected chi connectivity index (χ3v) is 1.52. The summed E-state index contributed by atoms with van der Waals surface area (Å²) in [5.74, 6) is -0.160. The first-order valence-electron chi connectivity index (χ1n) is 3.50. The van der Waals surface area contributed by atoms with Gasteiger partial charge in [-0.05, 0) is 26.3 Å². The minimum absolute atomic E-state index is 0.160.